The minimum atomic E-state index is -0.780. The van der Waals surface area contributed by atoms with Crippen LogP contribution in [0.4, 0.5) is 4.79 Å². The summed E-state index contributed by atoms with van der Waals surface area (Å²) < 4.78 is 20.5. The SMILES string of the molecule is COc1cc(C(=O)OCC(=O)NC(=O)NCCc2cccs2)cc(OC)c1OC. The first-order valence-electron chi connectivity index (χ1n) is 8.55. The summed E-state index contributed by atoms with van der Waals surface area (Å²) in [6, 6.07) is 6.03. The zero-order valence-electron chi connectivity index (χ0n) is 16.3. The fraction of sp³-hybridized carbons (Fsp3) is 0.316. The number of imide groups is 1. The first kappa shape index (κ1) is 22.0. The summed E-state index contributed by atoms with van der Waals surface area (Å²) in [4.78, 5) is 36.9. The smallest absolute Gasteiger partial charge is 0.338 e. The van der Waals surface area contributed by atoms with E-state index in [9.17, 15) is 14.4 Å². The Morgan fingerprint density at radius 2 is 1.72 bits per heavy atom. The fourth-order valence-corrected chi connectivity index (χ4v) is 3.08. The number of nitrogens with one attached hydrogen (secondary N) is 2. The number of hydrogen-bond acceptors (Lipinski definition) is 8. The summed E-state index contributed by atoms with van der Waals surface area (Å²) in [6.07, 6.45) is 0.662. The molecule has 1 heterocycles. The Bertz CT molecular complexity index is 827. The predicted molar refractivity (Wildman–Crippen MR) is 106 cm³/mol. The average Bonchev–Trinajstić information content (AvgIpc) is 3.24. The number of ether oxygens (including phenoxy) is 4. The number of thiophene rings is 1. The lowest BCUT2D eigenvalue weighted by Gasteiger charge is -2.13. The fourth-order valence-electron chi connectivity index (χ4n) is 2.37. The van der Waals surface area contributed by atoms with Crippen molar-refractivity contribution in [3.8, 4) is 17.2 Å². The summed E-state index contributed by atoms with van der Waals surface area (Å²) in [6.45, 7) is -0.237. The van der Waals surface area contributed by atoms with Crippen molar-refractivity contribution in [2.24, 2.45) is 0 Å². The summed E-state index contributed by atoms with van der Waals surface area (Å²) in [5.41, 5.74) is 0.104. The Morgan fingerprint density at radius 3 is 2.28 bits per heavy atom. The number of carbonyl (C=O) groups is 3. The van der Waals surface area contributed by atoms with E-state index >= 15 is 0 Å². The molecule has 0 unspecified atom stereocenters. The normalized spacial score (nSPS) is 10.0. The van der Waals surface area contributed by atoms with Crippen molar-refractivity contribution < 1.29 is 33.3 Å². The van der Waals surface area contributed by atoms with E-state index in [1.807, 2.05) is 17.5 Å². The number of urea groups is 1. The Hall–Kier alpha value is -3.27. The van der Waals surface area contributed by atoms with E-state index in [4.69, 9.17) is 18.9 Å². The topological polar surface area (TPSA) is 112 Å². The number of carbonyl (C=O) groups excluding carboxylic acids is 3. The van der Waals surface area contributed by atoms with E-state index in [2.05, 4.69) is 10.6 Å². The van der Waals surface area contributed by atoms with Gasteiger partial charge in [-0.3, -0.25) is 10.1 Å². The van der Waals surface area contributed by atoms with Crippen molar-refractivity contribution in [3.05, 3.63) is 40.1 Å². The van der Waals surface area contributed by atoms with E-state index in [-0.39, 0.29) is 17.1 Å². The summed E-state index contributed by atoms with van der Waals surface area (Å²) >= 11 is 1.58. The molecule has 0 aliphatic heterocycles. The Labute approximate surface area is 171 Å². The third kappa shape index (κ3) is 6.39. The van der Waals surface area contributed by atoms with Gasteiger partial charge >= 0.3 is 12.0 Å². The van der Waals surface area contributed by atoms with Crippen LogP contribution in [-0.4, -0.2) is 52.4 Å². The second-order valence-corrected chi connectivity index (χ2v) is 6.66. The molecular formula is C19H22N2O7S. The molecule has 3 amide bonds. The highest BCUT2D eigenvalue weighted by atomic mass is 32.1. The van der Waals surface area contributed by atoms with Crippen LogP contribution in [0.5, 0.6) is 17.2 Å². The van der Waals surface area contributed by atoms with Gasteiger partial charge in [0.25, 0.3) is 5.91 Å². The van der Waals surface area contributed by atoms with Gasteiger partial charge in [-0.2, -0.15) is 0 Å². The van der Waals surface area contributed by atoms with E-state index in [0.717, 1.165) is 4.88 Å². The highest BCUT2D eigenvalue weighted by molar-refractivity contribution is 7.09. The van der Waals surface area contributed by atoms with Crippen LogP contribution in [-0.2, 0) is 16.0 Å². The van der Waals surface area contributed by atoms with Crippen LogP contribution >= 0.6 is 11.3 Å². The van der Waals surface area contributed by atoms with Crippen molar-refractivity contribution in [1.29, 1.82) is 0 Å². The second kappa shape index (κ2) is 10.9. The van der Waals surface area contributed by atoms with Crippen molar-refractivity contribution >= 4 is 29.2 Å². The van der Waals surface area contributed by atoms with Crippen LogP contribution in [0.3, 0.4) is 0 Å². The van der Waals surface area contributed by atoms with Crippen molar-refractivity contribution in [1.82, 2.24) is 10.6 Å². The van der Waals surface area contributed by atoms with Gasteiger partial charge in [-0.25, -0.2) is 9.59 Å². The third-order valence-electron chi connectivity index (χ3n) is 3.72. The van der Waals surface area contributed by atoms with Crippen LogP contribution < -0.4 is 24.8 Å². The molecule has 10 heteroatoms. The van der Waals surface area contributed by atoms with Gasteiger partial charge in [0.2, 0.25) is 5.75 Å². The van der Waals surface area contributed by atoms with Crippen LogP contribution in [0.1, 0.15) is 15.2 Å². The van der Waals surface area contributed by atoms with Gasteiger partial charge in [-0.1, -0.05) is 6.07 Å². The number of hydrogen-bond donors (Lipinski definition) is 2. The summed E-state index contributed by atoms with van der Waals surface area (Å²) in [5.74, 6) is -0.665. The summed E-state index contributed by atoms with van der Waals surface area (Å²) in [5, 5.41) is 6.61. The highest BCUT2D eigenvalue weighted by Crippen LogP contribution is 2.38. The zero-order valence-corrected chi connectivity index (χ0v) is 17.1. The molecule has 0 radical (unpaired) electrons. The molecule has 0 aliphatic rings. The van der Waals surface area contributed by atoms with Gasteiger partial charge in [-0.15, -0.1) is 11.3 Å². The standard InChI is InChI=1S/C19H22N2O7S/c1-25-14-9-12(10-15(26-2)17(14)27-3)18(23)28-11-16(22)21-19(24)20-7-6-13-5-4-8-29-13/h4-5,8-10H,6-7,11H2,1-3H3,(H2,20,21,22,24). The molecule has 2 N–H and O–H groups in total. The quantitative estimate of drug-likeness (QED) is 0.595. The van der Waals surface area contributed by atoms with Gasteiger partial charge in [0.05, 0.1) is 26.9 Å². The molecular weight excluding hydrogens is 400 g/mol. The minimum absolute atomic E-state index is 0.104. The zero-order chi connectivity index (χ0) is 21.2. The van der Waals surface area contributed by atoms with Crippen LogP contribution in [0.25, 0.3) is 0 Å². The maximum atomic E-state index is 12.2. The molecule has 0 saturated carbocycles. The van der Waals surface area contributed by atoms with E-state index < -0.39 is 24.5 Å². The van der Waals surface area contributed by atoms with Crippen LogP contribution in [0.15, 0.2) is 29.6 Å². The molecule has 1 aromatic heterocycles. The molecule has 156 valence electrons. The maximum absolute atomic E-state index is 12.2. The molecule has 0 saturated heterocycles. The number of methoxy groups -OCH3 is 3. The molecule has 1 aromatic carbocycles. The van der Waals surface area contributed by atoms with E-state index in [0.29, 0.717) is 18.7 Å². The van der Waals surface area contributed by atoms with Crippen molar-refractivity contribution in [3.63, 3.8) is 0 Å². The second-order valence-electron chi connectivity index (χ2n) is 5.62. The number of amides is 3. The highest BCUT2D eigenvalue weighted by Gasteiger charge is 2.19. The first-order valence-corrected chi connectivity index (χ1v) is 9.43. The monoisotopic (exact) mass is 422 g/mol. The van der Waals surface area contributed by atoms with Gasteiger partial charge < -0.3 is 24.3 Å². The van der Waals surface area contributed by atoms with Gasteiger partial charge in [0, 0.05) is 11.4 Å². The lowest BCUT2D eigenvalue weighted by molar-refractivity contribution is -0.123. The van der Waals surface area contributed by atoms with Crippen molar-refractivity contribution in [2.75, 3.05) is 34.5 Å². The maximum Gasteiger partial charge on any atom is 0.338 e. The molecule has 0 fully saturated rings. The molecule has 2 aromatic rings. The number of benzene rings is 1. The van der Waals surface area contributed by atoms with Gasteiger partial charge in [-0.05, 0) is 30.0 Å². The average molecular weight is 422 g/mol. The molecule has 0 atom stereocenters. The lowest BCUT2D eigenvalue weighted by Crippen LogP contribution is -2.42. The largest absolute Gasteiger partial charge is 0.493 e. The minimum Gasteiger partial charge on any atom is -0.493 e. The molecule has 0 aliphatic carbocycles. The molecule has 29 heavy (non-hydrogen) atoms. The number of esters is 1. The van der Waals surface area contributed by atoms with Crippen molar-refractivity contribution in [2.45, 2.75) is 6.42 Å². The third-order valence-corrected chi connectivity index (χ3v) is 4.66. The van der Waals surface area contributed by atoms with Gasteiger partial charge in [0.15, 0.2) is 18.1 Å². The first-order chi connectivity index (χ1) is 14.0. The van der Waals surface area contributed by atoms with Gasteiger partial charge in [0.1, 0.15) is 0 Å². The lowest BCUT2D eigenvalue weighted by atomic mass is 10.2. The Kier molecular flexibility index (Phi) is 8.28. The summed E-state index contributed by atoms with van der Waals surface area (Å²) in [7, 11) is 4.27. The van der Waals surface area contributed by atoms with E-state index in [1.165, 1.54) is 33.5 Å². The molecule has 2 rings (SSSR count). The molecule has 9 nitrogen and oxygen atoms in total. The van der Waals surface area contributed by atoms with Crippen LogP contribution in [0.2, 0.25) is 0 Å². The Balaban J connectivity index is 1.83. The van der Waals surface area contributed by atoms with Crippen LogP contribution in [0, 0.1) is 0 Å². The Morgan fingerprint density at radius 1 is 1.03 bits per heavy atom. The number of rotatable bonds is 9. The van der Waals surface area contributed by atoms with E-state index in [1.54, 1.807) is 11.3 Å². The predicted octanol–water partition coefficient (Wildman–Crippen LogP) is 2.00. The molecule has 0 bridgehead atoms. The molecule has 0 spiro atoms.